The van der Waals surface area contributed by atoms with Crippen molar-refractivity contribution in [1.29, 1.82) is 0 Å². The fourth-order valence-electron chi connectivity index (χ4n) is 1.36. The molecule has 15 heavy (non-hydrogen) atoms. The number of aliphatic hydroxyl groups is 3. The molecule has 0 aromatic heterocycles. The van der Waals surface area contributed by atoms with Gasteiger partial charge in [-0.1, -0.05) is 0 Å². The molecular formula is C8H14O7. The standard InChI is InChI=1S/C8H14O7/c9-1-2-14-6-3-5(10)4-8(13,15-6)7(11)12/h5-6,9-10,13H,1-4H2,(H,11,12)/t5-,6?,8?/m1/s1. The summed E-state index contributed by atoms with van der Waals surface area (Å²) in [6.07, 6.45) is -2.37. The molecule has 0 bridgehead atoms. The van der Waals surface area contributed by atoms with Crippen LogP contribution in [0.5, 0.6) is 0 Å². The molecule has 1 rings (SSSR count). The van der Waals surface area contributed by atoms with Crippen LogP contribution in [0.3, 0.4) is 0 Å². The van der Waals surface area contributed by atoms with Crippen LogP contribution >= 0.6 is 0 Å². The van der Waals surface area contributed by atoms with Gasteiger partial charge in [-0.3, -0.25) is 0 Å². The highest BCUT2D eigenvalue weighted by Crippen LogP contribution is 2.27. The van der Waals surface area contributed by atoms with Crippen LogP contribution < -0.4 is 0 Å². The van der Waals surface area contributed by atoms with Crippen LogP contribution in [0.25, 0.3) is 0 Å². The van der Waals surface area contributed by atoms with Crippen molar-refractivity contribution in [3.63, 3.8) is 0 Å². The van der Waals surface area contributed by atoms with Crippen molar-refractivity contribution in [1.82, 2.24) is 0 Å². The average Bonchev–Trinajstić information content (AvgIpc) is 2.13. The van der Waals surface area contributed by atoms with E-state index in [1.807, 2.05) is 0 Å². The maximum Gasteiger partial charge on any atom is 0.364 e. The Morgan fingerprint density at radius 1 is 1.60 bits per heavy atom. The average molecular weight is 222 g/mol. The quantitative estimate of drug-likeness (QED) is 0.446. The van der Waals surface area contributed by atoms with Gasteiger partial charge in [-0.2, -0.15) is 0 Å². The highest BCUT2D eigenvalue weighted by molar-refractivity contribution is 5.75. The Morgan fingerprint density at radius 2 is 2.27 bits per heavy atom. The monoisotopic (exact) mass is 222 g/mol. The topological polar surface area (TPSA) is 116 Å². The van der Waals surface area contributed by atoms with Gasteiger partial charge in [-0.05, 0) is 0 Å². The highest BCUT2D eigenvalue weighted by atomic mass is 16.8. The van der Waals surface area contributed by atoms with Crippen molar-refractivity contribution in [3.8, 4) is 0 Å². The van der Waals surface area contributed by atoms with Gasteiger partial charge in [0, 0.05) is 12.8 Å². The summed E-state index contributed by atoms with van der Waals surface area (Å²) in [7, 11) is 0. The van der Waals surface area contributed by atoms with E-state index in [2.05, 4.69) is 0 Å². The molecule has 1 saturated heterocycles. The minimum absolute atomic E-state index is 0.0485. The van der Waals surface area contributed by atoms with E-state index in [0.29, 0.717) is 0 Å². The molecule has 0 aliphatic carbocycles. The number of hydrogen-bond donors (Lipinski definition) is 4. The van der Waals surface area contributed by atoms with Crippen LogP contribution in [0.4, 0.5) is 0 Å². The number of carboxylic acid groups (broad SMARTS) is 1. The summed E-state index contributed by atoms with van der Waals surface area (Å²) >= 11 is 0. The Balaban J connectivity index is 2.59. The molecule has 7 nitrogen and oxygen atoms in total. The lowest BCUT2D eigenvalue weighted by atomic mass is 10.0. The van der Waals surface area contributed by atoms with E-state index in [-0.39, 0.29) is 19.6 Å². The molecule has 0 amide bonds. The Labute approximate surface area is 85.9 Å². The third-order valence-electron chi connectivity index (χ3n) is 2.03. The second kappa shape index (κ2) is 4.86. The lowest BCUT2D eigenvalue weighted by Crippen LogP contribution is -2.52. The van der Waals surface area contributed by atoms with Gasteiger partial charge in [-0.15, -0.1) is 0 Å². The van der Waals surface area contributed by atoms with Crippen LogP contribution in [-0.4, -0.2) is 57.8 Å². The fourth-order valence-corrected chi connectivity index (χ4v) is 1.36. The van der Waals surface area contributed by atoms with Crippen LogP contribution in [0, 0.1) is 0 Å². The minimum Gasteiger partial charge on any atom is -0.477 e. The summed E-state index contributed by atoms with van der Waals surface area (Å²) < 4.78 is 9.66. The summed E-state index contributed by atoms with van der Waals surface area (Å²) in [5, 5.41) is 35.9. The van der Waals surface area contributed by atoms with Gasteiger partial charge >= 0.3 is 5.97 Å². The van der Waals surface area contributed by atoms with Crippen LogP contribution in [0.15, 0.2) is 0 Å². The van der Waals surface area contributed by atoms with Crippen molar-refractivity contribution in [2.24, 2.45) is 0 Å². The molecule has 0 spiro atoms. The molecule has 7 heteroatoms. The largest absolute Gasteiger partial charge is 0.477 e. The maximum atomic E-state index is 10.6. The second-order valence-corrected chi connectivity index (χ2v) is 3.32. The third-order valence-corrected chi connectivity index (χ3v) is 2.03. The van der Waals surface area contributed by atoms with E-state index in [1.54, 1.807) is 0 Å². The van der Waals surface area contributed by atoms with E-state index in [1.165, 1.54) is 0 Å². The Hall–Kier alpha value is -0.730. The zero-order chi connectivity index (χ0) is 11.5. The molecule has 3 atom stereocenters. The zero-order valence-electron chi connectivity index (χ0n) is 8.00. The first-order valence-corrected chi connectivity index (χ1v) is 4.52. The van der Waals surface area contributed by atoms with Crippen molar-refractivity contribution in [3.05, 3.63) is 0 Å². The number of aliphatic carboxylic acids is 1. The zero-order valence-corrected chi connectivity index (χ0v) is 8.00. The predicted octanol–water partition coefficient (Wildman–Crippen LogP) is -1.73. The summed E-state index contributed by atoms with van der Waals surface area (Å²) in [6, 6.07) is 0. The highest BCUT2D eigenvalue weighted by Gasteiger charge is 2.46. The molecule has 88 valence electrons. The van der Waals surface area contributed by atoms with Gasteiger partial charge in [0.05, 0.1) is 19.3 Å². The molecule has 1 aliphatic rings. The van der Waals surface area contributed by atoms with E-state index < -0.39 is 30.6 Å². The predicted molar refractivity (Wildman–Crippen MR) is 45.7 cm³/mol. The summed E-state index contributed by atoms with van der Waals surface area (Å²) in [6.45, 7) is -0.297. The lowest BCUT2D eigenvalue weighted by Gasteiger charge is -2.36. The molecule has 0 aromatic carbocycles. The molecule has 1 heterocycles. The fraction of sp³-hybridized carbons (Fsp3) is 0.875. The van der Waals surface area contributed by atoms with Crippen molar-refractivity contribution >= 4 is 5.97 Å². The lowest BCUT2D eigenvalue weighted by molar-refractivity contribution is -0.320. The molecule has 1 aliphatic heterocycles. The summed E-state index contributed by atoms with van der Waals surface area (Å²) in [4.78, 5) is 10.6. The summed E-state index contributed by atoms with van der Waals surface area (Å²) in [5.74, 6) is -3.99. The molecule has 1 fully saturated rings. The van der Waals surface area contributed by atoms with Gasteiger partial charge in [0.15, 0.2) is 6.29 Å². The number of rotatable bonds is 4. The maximum absolute atomic E-state index is 10.6. The summed E-state index contributed by atoms with van der Waals surface area (Å²) in [5.41, 5.74) is 0. The van der Waals surface area contributed by atoms with Gasteiger partial charge in [0.1, 0.15) is 0 Å². The number of carbonyl (C=O) groups is 1. The number of ether oxygens (including phenoxy) is 2. The molecule has 0 aromatic rings. The molecular weight excluding hydrogens is 208 g/mol. The Bertz CT molecular complexity index is 231. The first kappa shape index (κ1) is 12.3. The van der Waals surface area contributed by atoms with Crippen LogP contribution in [-0.2, 0) is 14.3 Å². The van der Waals surface area contributed by atoms with Gasteiger partial charge < -0.3 is 29.9 Å². The molecule has 0 saturated carbocycles. The normalized spacial score (nSPS) is 36.5. The minimum atomic E-state index is -2.42. The molecule has 2 unspecified atom stereocenters. The first-order chi connectivity index (χ1) is 6.98. The van der Waals surface area contributed by atoms with Crippen molar-refractivity contribution in [2.45, 2.75) is 31.0 Å². The van der Waals surface area contributed by atoms with Crippen LogP contribution in [0.2, 0.25) is 0 Å². The van der Waals surface area contributed by atoms with Crippen molar-refractivity contribution < 1.29 is 34.7 Å². The first-order valence-electron chi connectivity index (χ1n) is 4.52. The number of carboxylic acids is 1. The Kier molecular flexibility index (Phi) is 4.00. The van der Waals surface area contributed by atoms with E-state index in [0.717, 1.165) is 0 Å². The van der Waals surface area contributed by atoms with E-state index in [4.69, 9.17) is 19.7 Å². The van der Waals surface area contributed by atoms with Crippen LogP contribution in [0.1, 0.15) is 12.8 Å². The third kappa shape index (κ3) is 3.11. The van der Waals surface area contributed by atoms with Crippen molar-refractivity contribution in [2.75, 3.05) is 13.2 Å². The van der Waals surface area contributed by atoms with Gasteiger partial charge in [-0.25, -0.2) is 4.79 Å². The molecule has 0 radical (unpaired) electrons. The van der Waals surface area contributed by atoms with Gasteiger partial charge in [0.2, 0.25) is 0 Å². The number of hydrogen-bond acceptors (Lipinski definition) is 6. The second-order valence-electron chi connectivity index (χ2n) is 3.32. The smallest absolute Gasteiger partial charge is 0.364 e. The van der Waals surface area contributed by atoms with E-state index in [9.17, 15) is 15.0 Å². The Morgan fingerprint density at radius 3 is 2.80 bits per heavy atom. The molecule has 4 N–H and O–H groups in total. The van der Waals surface area contributed by atoms with Gasteiger partial charge in [0.25, 0.3) is 5.79 Å². The number of aliphatic hydroxyl groups excluding tert-OH is 2. The SMILES string of the molecule is O=C(O)C1(O)C[C@H](O)CC(OCCO)O1. The van der Waals surface area contributed by atoms with E-state index >= 15 is 0 Å².